The fourth-order valence-electron chi connectivity index (χ4n) is 2.09. The summed E-state index contributed by atoms with van der Waals surface area (Å²) in [5.41, 5.74) is -0.403. The van der Waals surface area contributed by atoms with Gasteiger partial charge in [0.15, 0.2) is 5.79 Å². The zero-order valence-corrected chi connectivity index (χ0v) is 13.8. The Balaban J connectivity index is 2.46. The summed E-state index contributed by atoms with van der Waals surface area (Å²) in [6.45, 7) is 13.6. The highest BCUT2D eigenvalue weighted by Gasteiger charge is 2.34. The molecule has 0 N–H and O–H groups in total. The second-order valence-electron chi connectivity index (χ2n) is 6.79. The molecule has 1 aliphatic rings. The van der Waals surface area contributed by atoms with Gasteiger partial charge in [-0.25, -0.2) is 0 Å². The molecule has 1 unspecified atom stereocenters. The smallest absolute Gasteiger partial charge is 0.311 e. The second kappa shape index (κ2) is 6.90. The molecule has 1 atom stereocenters. The third-order valence-corrected chi connectivity index (χ3v) is 4.35. The van der Waals surface area contributed by atoms with Crippen molar-refractivity contribution in [1.82, 2.24) is 0 Å². The maximum absolute atomic E-state index is 12.0. The van der Waals surface area contributed by atoms with E-state index in [9.17, 15) is 4.79 Å². The van der Waals surface area contributed by atoms with Crippen LogP contribution in [0.3, 0.4) is 0 Å². The Morgan fingerprint density at radius 2 is 1.85 bits per heavy atom. The molecular weight excluding hydrogens is 256 g/mol. The van der Waals surface area contributed by atoms with Gasteiger partial charge in [-0.2, -0.15) is 0 Å². The van der Waals surface area contributed by atoms with Crippen LogP contribution in [0.1, 0.15) is 54.4 Å². The molecule has 118 valence electrons. The molecule has 0 amide bonds. The first-order valence-corrected chi connectivity index (χ1v) is 7.67. The van der Waals surface area contributed by atoms with E-state index in [1.165, 1.54) is 0 Å². The van der Waals surface area contributed by atoms with E-state index in [1.54, 1.807) is 0 Å². The molecule has 0 aromatic heterocycles. The van der Waals surface area contributed by atoms with E-state index in [1.807, 2.05) is 34.6 Å². The molecule has 0 aliphatic carbocycles. The van der Waals surface area contributed by atoms with Crippen molar-refractivity contribution in [3.05, 3.63) is 0 Å². The molecule has 4 nitrogen and oxygen atoms in total. The van der Waals surface area contributed by atoms with Crippen LogP contribution in [0.25, 0.3) is 0 Å². The van der Waals surface area contributed by atoms with Crippen LogP contribution >= 0.6 is 0 Å². The molecule has 1 saturated heterocycles. The Morgan fingerprint density at radius 1 is 1.30 bits per heavy atom. The Morgan fingerprint density at radius 3 is 2.30 bits per heavy atom. The fourth-order valence-corrected chi connectivity index (χ4v) is 2.09. The zero-order valence-electron chi connectivity index (χ0n) is 13.8. The van der Waals surface area contributed by atoms with E-state index < -0.39 is 11.2 Å². The molecule has 20 heavy (non-hydrogen) atoms. The van der Waals surface area contributed by atoms with Gasteiger partial charge < -0.3 is 14.2 Å². The molecular formula is C16H30O4. The van der Waals surface area contributed by atoms with Gasteiger partial charge in [-0.3, -0.25) is 4.79 Å². The SMILES string of the molecule is CCC(COC(=O)C(C)(C)CC)C1COC(C)(C)OC1. The minimum absolute atomic E-state index is 0.114. The van der Waals surface area contributed by atoms with Gasteiger partial charge in [0.2, 0.25) is 0 Å². The number of carbonyl (C=O) groups is 1. The van der Waals surface area contributed by atoms with Crippen LogP contribution in [0.15, 0.2) is 0 Å². The Hall–Kier alpha value is -0.610. The molecule has 1 fully saturated rings. The van der Waals surface area contributed by atoms with E-state index in [0.717, 1.165) is 12.8 Å². The molecule has 1 heterocycles. The van der Waals surface area contributed by atoms with Gasteiger partial charge in [-0.05, 0) is 40.5 Å². The molecule has 0 spiro atoms. The van der Waals surface area contributed by atoms with E-state index in [4.69, 9.17) is 14.2 Å². The molecule has 0 radical (unpaired) electrons. The highest BCUT2D eigenvalue weighted by molar-refractivity contribution is 5.75. The van der Waals surface area contributed by atoms with Gasteiger partial charge in [-0.15, -0.1) is 0 Å². The van der Waals surface area contributed by atoms with Gasteiger partial charge in [0.25, 0.3) is 0 Å². The van der Waals surface area contributed by atoms with Crippen LogP contribution in [-0.4, -0.2) is 31.6 Å². The van der Waals surface area contributed by atoms with Gasteiger partial charge in [0.1, 0.15) is 0 Å². The maximum atomic E-state index is 12.0. The quantitative estimate of drug-likeness (QED) is 0.702. The van der Waals surface area contributed by atoms with E-state index in [-0.39, 0.29) is 5.97 Å². The van der Waals surface area contributed by atoms with Crippen LogP contribution in [0.4, 0.5) is 0 Å². The predicted octanol–water partition coefficient (Wildman–Crippen LogP) is 3.39. The molecule has 4 heteroatoms. The van der Waals surface area contributed by atoms with E-state index >= 15 is 0 Å². The summed E-state index contributed by atoms with van der Waals surface area (Å²) in [4.78, 5) is 12.0. The van der Waals surface area contributed by atoms with Crippen molar-refractivity contribution in [1.29, 1.82) is 0 Å². The van der Waals surface area contributed by atoms with Crippen molar-refractivity contribution in [3.63, 3.8) is 0 Å². The summed E-state index contributed by atoms with van der Waals surface area (Å²) in [5, 5.41) is 0. The number of carbonyl (C=O) groups excluding carboxylic acids is 1. The van der Waals surface area contributed by atoms with Gasteiger partial charge >= 0.3 is 5.97 Å². The third kappa shape index (κ3) is 4.74. The fraction of sp³-hybridized carbons (Fsp3) is 0.938. The largest absolute Gasteiger partial charge is 0.465 e. The minimum Gasteiger partial charge on any atom is -0.465 e. The molecule has 0 aromatic rings. The van der Waals surface area contributed by atoms with Gasteiger partial charge in [0, 0.05) is 11.8 Å². The Labute approximate surface area is 123 Å². The molecule has 0 aromatic carbocycles. The van der Waals surface area contributed by atoms with E-state index in [2.05, 4.69) is 6.92 Å². The van der Waals surface area contributed by atoms with Crippen molar-refractivity contribution in [2.24, 2.45) is 17.3 Å². The zero-order chi connectivity index (χ0) is 15.4. The number of hydrogen-bond acceptors (Lipinski definition) is 4. The van der Waals surface area contributed by atoms with Crippen LogP contribution in [0, 0.1) is 17.3 Å². The number of esters is 1. The molecule has 0 bridgehead atoms. The van der Waals surface area contributed by atoms with Crippen LogP contribution < -0.4 is 0 Å². The summed E-state index contributed by atoms with van der Waals surface area (Å²) < 4.78 is 16.9. The first-order valence-electron chi connectivity index (χ1n) is 7.67. The minimum atomic E-state index is -0.490. The predicted molar refractivity (Wildman–Crippen MR) is 78.3 cm³/mol. The second-order valence-corrected chi connectivity index (χ2v) is 6.79. The normalized spacial score (nSPS) is 21.5. The van der Waals surface area contributed by atoms with Crippen molar-refractivity contribution < 1.29 is 19.0 Å². The highest BCUT2D eigenvalue weighted by atomic mass is 16.7. The van der Waals surface area contributed by atoms with Crippen LogP contribution in [0.2, 0.25) is 0 Å². The lowest BCUT2D eigenvalue weighted by atomic mass is 9.89. The average molecular weight is 286 g/mol. The van der Waals surface area contributed by atoms with E-state index in [0.29, 0.717) is 31.7 Å². The van der Waals surface area contributed by atoms with Crippen molar-refractivity contribution >= 4 is 5.97 Å². The number of hydrogen-bond donors (Lipinski definition) is 0. The summed E-state index contributed by atoms with van der Waals surface area (Å²) >= 11 is 0. The number of rotatable bonds is 6. The topological polar surface area (TPSA) is 44.8 Å². The summed E-state index contributed by atoms with van der Waals surface area (Å²) in [6.07, 6.45) is 1.74. The standard InChI is InChI=1S/C16H30O4/c1-7-12(9-18-14(17)15(3,4)8-2)13-10-19-16(5,6)20-11-13/h12-13H,7-11H2,1-6H3. The monoisotopic (exact) mass is 286 g/mol. The molecule has 1 aliphatic heterocycles. The van der Waals surface area contributed by atoms with Crippen LogP contribution in [-0.2, 0) is 19.0 Å². The average Bonchev–Trinajstić information content (AvgIpc) is 2.40. The Bertz CT molecular complexity index is 312. The first-order chi connectivity index (χ1) is 9.22. The lowest BCUT2D eigenvalue weighted by molar-refractivity contribution is -0.269. The van der Waals surface area contributed by atoms with Crippen molar-refractivity contribution in [2.45, 2.75) is 60.2 Å². The van der Waals surface area contributed by atoms with Crippen LogP contribution in [0.5, 0.6) is 0 Å². The summed E-state index contributed by atoms with van der Waals surface area (Å²) in [5.74, 6) is -0.0138. The maximum Gasteiger partial charge on any atom is 0.311 e. The Kier molecular flexibility index (Phi) is 6.02. The lowest BCUT2D eigenvalue weighted by Crippen LogP contribution is -2.43. The van der Waals surface area contributed by atoms with Gasteiger partial charge in [-0.1, -0.05) is 13.8 Å². The first kappa shape index (κ1) is 17.4. The summed E-state index contributed by atoms with van der Waals surface area (Å²) in [6, 6.07) is 0. The van der Waals surface area contributed by atoms with Crippen molar-refractivity contribution in [2.75, 3.05) is 19.8 Å². The molecule has 1 rings (SSSR count). The number of ether oxygens (including phenoxy) is 3. The third-order valence-electron chi connectivity index (χ3n) is 4.35. The highest BCUT2D eigenvalue weighted by Crippen LogP contribution is 2.28. The van der Waals surface area contributed by atoms with Crippen molar-refractivity contribution in [3.8, 4) is 0 Å². The summed E-state index contributed by atoms with van der Waals surface area (Å²) in [7, 11) is 0. The lowest BCUT2D eigenvalue weighted by Gasteiger charge is -2.38. The van der Waals surface area contributed by atoms with Gasteiger partial charge in [0.05, 0.1) is 25.2 Å². The molecule has 0 saturated carbocycles.